The standard InChI is InChI=1S/C30H24N2O7S/c1-39-20-9-5-10-21(16-20)40(37,38)31-17-18-7-4-8-19(15-18)27(30(35)36)32-29(34)25-14-6-13-24-26(25)22-11-2-3-12-23(22)28(24)33/h2-16,27,31H,17H2,1H3,(H,32,34)(H,35,36). The van der Waals surface area contributed by atoms with Crippen molar-refractivity contribution in [1.82, 2.24) is 10.0 Å². The molecule has 0 fully saturated rings. The van der Waals surface area contributed by atoms with Gasteiger partial charge in [0.1, 0.15) is 5.75 Å². The van der Waals surface area contributed by atoms with E-state index >= 15 is 0 Å². The smallest absolute Gasteiger partial charge is 0.330 e. The number of carboxylic acids is 1. The Kier molecular flexibility index (Phi) is 7.20. The summed E-state index contributed by atoms with van der Waals surface area (Å²) in [4.78, 5) is 38.5. The zero-order chi connectivity index (χ0) is 28.4. The number of hydrogen-bond acceptors (Lipinski definition) is 6. The van der Waals surface area contributed by atoms with Crippen molar-refractivity contribution in [2.75, 3.05) is 7.11 Å². The lowest BCUT2D eigenvalue weighted by Crippen LogP contribution is -2.34. The fourth-order valence-corrected chi connectivity index (χ4v) is 5.73. The van der Waals surface area contributed by atoms with Crippen LogP contribution in [0.2, 0.25) is 0 Å². The van der Waals surface area contributed by atoms with Gasteiger partial charge in [-0.2, -0.15) is 0 Å². The number of rotatable bonds is 9. The quantitative estimate of drug-likeness (QED) is 0.250. The predicted molar refractivity (Wildman–Crippen MR) is 147 cm³/mol. The summed E-state index contributed by atoms with van der Waals surface area (Å²) in [6.07, 6.45) is 0. The van der Waals surface area contributed by atoms with E-state index in [9.17, 15) is 27.9 Å². The van der Waals surface area contributed by atoms with Crippen LogP contribution in [0.25, 0.3) is 11.1 Å². The maximum atomic E-state index is 13.4. The molecule has 3 N–H and O–H groups in total. The molecular formula is C30H24N2O7S. The Balaban J connectivity index is 1.38. The summed E-state index contributed by atoms with van der Waals surface area (Å²) in [6.45, 7) is -0.112. The topological polar surface area (TPSA) is 139 Å². The molecule has 0 aromatic heterocycles. The molecule has 1 amide bonds. The summed E-state index contributed by atoms with van der Waals surface area (Å²) in [5.41, 5.74) is 2.87. The molecule has 5 rings (SSSR count). The molecule has 40 heavy (non-hydrogen) atoms. The highest BCUT2D eigenvalue weighted by Crippen LogP contribution is 2.39. The largest absolute Gasteiger partial charge is 0.497 e. The average molecular weight is 557 g/mol. The van der Waals surface area contributed by atoms with Crippen molar-refractivity contribution >= 4 is 27.7 Å². The van der Waals surface area contributed by atoms with Crippen LogP contribution in [0.4, 0.5) is 0 Å². The number of hydrogen-bond donors (Lipinski definition) is 3. The molecule has 1 aliphatic rings. The number of sulfonamides is 1. The number of carboxylic acid groups (broad SMARTS) is 1. The van der Waals surface area contributed by atoms with E-state index in [1.54, 1.807) is 66.7 Å². The first kappa shape index (κ1) is 26.8. The molecule has 0 aliphatic heterocycles. The monoisotopic (exact) mass is 556 g/mol. The van der Waals surface area contributed by atoms with Gasteiger partial charge in [0.15, 0.2) is 11.8 Å². The molecule has 1 unspecified atom stereocenters. The van der Waals surface area contributed by atoms with Gasteiger partial charge in [0.2, 0.25) is 10.0 Å². The van der Waals surface area contributed by atoms with Gasteiger partial charge in [-0.3, -0.25) is 9.59 Å². The number of ketones is 1. The zero-order valence-corrected chi connectivity index (χ0v) is 22.1. The van der Waals surface area contributed by atoms with E-state index in [0.29, 0.717) is 33.6 Å². The second-order valence-corrected chi connectivity index (χ2v) is 10.9. The van der Waals surface area contributed by atoms with Crippen LogP contribution in [0, 0.1) is 0 Å². The van der Waals surface area contributed by atoms with Crippen molar-refractivity contribution in [3.63, 3.8) is 0 Å². The van der Waals surface area contributed by atoms with E-state index in [2.05, 4.69) is 10.0 Å². The number of amides is 1. The molecule has 10 heteroatoms. The average Bonchev–Trinajstić information content (AvgIpc) is 3.26. The van der Waals surface area contributed by atoms with Crippen molar-refractivity contribution in [3.8, 4) is 16.9 Å². The van der Waals surface area contributed by atoms with Crippen LogP contribution in [0.3, 0.4) is 0 Å². The Bertz CT molecular complexity index is 1770. The van der Waals surface area contributed by atoms with Gasteiger partial charge in [0.25, 0.3) is 5.91 Å². The van der Waals surface area contributed by atoms with Gasteiger partial charge in [0.05, 0.1) is 12.0 Å². The first-order chi connectivity index (χ1) is 19.2. The SMILES string of the molecule is COc1cccc(S(=O)(=O)NCc2cccc(C(NC(=O)c3cccc4c3-c3ccccc3C4=O)C(=O)O)c2)c1. The minimum Gasteiger partial charge on any atom is -0.497 e. The number of ether oxygens (including phenoxy) is 1. The Hall–Kier alpha value is -4.80. The Morgan fingerprint density at radius 2 is 1.57 bits per heavy atom. The Morgan fingerprint density at radius 3 is 2.33 bits per heavy atom. The normalized spacial score (nSPS) is 12.8. The molecule has 0 spiro atoms. The summed E-state index contributed by atoms with van der Waals surface area (Å²) < 4.78 is 33.1. The van der Waals surface area contributed by atoms with E-state index < -0.39 is 27.9 Å². The molecule has 4 aromatic carbocycles. The lowest BCUT2D eigenvalue weighted by Gasteiger charge is -2.17. The van der Waals surface area contributed by atoms with Crippen LogP contribution >= 0.6 is 0 Å². The first-order valence-corrected chi connectivity index (χ1v) is 13.7. The second-order valence-electron chi connectivity index (χ2n) is 9.10. The van der Waals surface area contributed by atoms with Crippen molar-refractivity contribution in [1.29, 1.82) is 0 Å². The summed E-state index contributed by atoms with van der Waals surface area (Å²) >= 11 is 0. The highest BCUT2D eigenvalue weighted by molar-refractivity contribution is 7.89. The zero-order valence-electron chi connectivity index (χ0n) is 21.2. The Morgan fingerprint density at radius 1 is 0.875 bits per heavy atom. The molecule has 1 atom stereocenters. The number of carbonyl (C=O) groups is 3. The predicted octanol–water partition coefficient (Wildman–Crippen LogP) is 3.94. The van der Waals surface area contributed by atoms with Gasteiger partial charge in [0, 0.05) is 34.9 Å². The molecule has 4 aromatic rings. The lowest BCUT2D eigenvalue weighted by molar-refractivity contribution is -0.139. The van der Waals surface area contributed by atoms with Crippen LogP contribution in [-0.2, 0) is 21.4 Å². The number of carbonyl (C=O) groups excluding carboxylic acids is 2. The van der Waals surface area contributed by atoms with E-state index in [-0.39, 0.29) is 28.4 Å². The van der Waals surface area contributed by atoms with E-state index in [1.165, 1.54) is 31.4 Å². The molecule has 0 bridgehead atoms. The summed E-state index contributed by atoms with van der Waals surface area (Å²) in [7, 11) is -2.44. The summed E-state index contributed by atoms with van der Waals surface area (Å²) in [5.74, 6) is -1.76. The second kappa shape index (κ2) is 10.8. The van der Waals surface area contributed by atoms with Gasteiger partial charge in [-0.05, 0) is 34.9 Å². The van der Waals surface area contributed by atoms with Gasteiger partial charge in [-0.25, -0.2) is 17.9 Å². The molecule has 0 saturated heterocycles. The molecule has 0 saturated carbocycles. The molecule has 9 nitrogen and oxygen atoms in total. The molecule has 1 aliphatic carbocycles. The van der Waals surface area contributed by atoms with Crippen molar-refractivity contribution < 1.29 is 32.6 Å². The summed E-state index contributed by atoms with van der Waals surface area (Å²) in [6, 6.07) is 22.6. The van der Waals surface area contributed by atoms with Gasteiger partial charge >= 0.3 is 5.97 Å². The fourth-order valence-electron chi connectivity index (χ4n) is 4.67. The van der Waals surface area contributed by atoms with Crippen molar-refractivity contribution in [2.24, 2.45) is 0 Å². The van der Waals surface area contributed by atoms with Crippen molar-refractivity contribution in [3.05, 3.63) is 119 Å². The third-order valence-electron chi connectivity index (χ3n) is 6.62. The minimum atomic E-state index is -3.87. The number of fused-ring (bicyclic) bond motifs is 3. The minimum absolute atomic E-state index is 0.0223. The number of nitrogens with one attached hydrogen (secondary N) is 2. The van der Waals surface area contributed by atoms with E-state index in [0.717, 1.165) is 0 Å². The lowest BCUT2D eigenvalue weighted by atomic mass is 9.98. The molecule has 0 heterocycles. The Labute approximate surface area is 230 Å². The highest BCUT2D eigenvalue weighted by Gasteiger charge is 2.31. The molecule has 202 valence electrons. The third-order valence-corrected chi connectivity index (χ3v) is 8.02. The molecule has 0 radical (unpaired) electrons. The van der Waals surface area contributed by atoms with Crippen LogP contribution < -0.4 is 14.8 Å². The fraction of sp³-hybridized carbons (Fsp3) is 0.100. The van der Waals surface area contributed by atoms with Gasteiger partial charge in [-0.1, -0.05) is 66.7 Å². The first-order valence-electron chi connectivity index (χ1n) is 12.2. The van der Waals surface area contributed by atoms with E-state index in [1.807, 2.05) is 0 Å². The highest BCUT2D eigenvalue weighted by atomic mass is 32.2. The van der Waals surface area contributed by atoms with Crippen LogP contribution in [0.15, 0.2) is 95.9 Å². The number of benzene rings is 4. The molecular weight excluding hydrogens is 532 g/mol. The maximum absolute atomic E-state index is 13.4. The van der Waals surface area contributed by atoms with Crippen LogP contribution in [-0.4, -0.2) is 38.3 Å². The maximum Gasteiger partial charge on any atom is 0.330 e. The van der Waals surface area contributed by atoms with E-state index in [4.69, 9.17) is 4.74 Å². The van der Waals surface area contributed by atoms with Crippen molar-refractivity contribution in [2.45, 2.75) is 17.5 Å². The number of methoxy groups -OCH3 is 1. The summed E-state index contributed by atoms with van der Waals surface area (Å²) in [5, 5.41) is 12.5. The van der Waals surface area contributed by atoms with Crippen LogP contribution in [0.1, 0.15) is 43.4 Å². The number of aliphatic carboxylic acids is 1. The van der Waals surface area contributed by atoms with Gasteiger partial charge in [-0.15, -0.1) is 0 Å². The van der Waals surface area contributed by atoms with Gasteiger partial charge < -0.3 is 15.2 Å². The third kappa shape index (κ3) is 5.09. The van der Waals surface area contributed by atoms with Crippen LogP contribution in [0.5, 0.6) is 5.75 Å².